The first-order chi connectivity index (χ1) is 11.3. The zero-order valence-electron chi connectivity index (χ0n) is 12.6. The predicted molar refractivity (Wildman–Crippen MR) is 88.6 cm³/mol. The Morgan fingerprint density at radius 3 is 2.61 bits per heavy atom. The number of aromatic nitrogens is 3. The Morgan fingerprint density at radius 2 is 1.91 bits per heavy atom. The van der Waals surface area contributed by atoms with E-state index >= 15 is 0 Å². The van der Waals surface area contributed by atoms with E-state index in [1.165, 1.54) is 10.9 Å². The van der Waals surface area contributed by atoms with E-state index in [4.69, 9.17) is 4.74 Å². The smallest absolute Gasteiger partial charge is 0.295 e. The molecule has 0 bridgehead atoms. The summed E-state index contributed by atoms with van der Waals surface area (Å²) in [5.41, 5.74) is 1.82. The number of aromatic amines is 1. The molecule has 23 heavy (non-hydrogen) atoms. The van der Waals surface area contributed by atoms with Gasteiger partial charge in [0.2, 0.25) is 0 Å². The first kappa shape index (κ1) is 14.8. The molecule has 0 aliphatic carbocycles. The maximum atomic E-state index is 12.3. The Bertz CT molecular complexity index is 848. The summed E-state index contributed by atoms with van der Waals surface area (Å²) in [6, 6.07) is 17.0. The van der Waals surface area contributed by atoms with Gasteiger partial charge in [-0.15, -0.1) is 0 Å². The number of hydrogen-bond donors (Lipinski definition) is 1. The average Bonchev–Trinajstić information content (AvgIpc) is 2.94. The molecule has 1 heterocycles. The van der Waals surface area contributed by atoms with E-state index in [0.29, 0.717) is 6.54 Å². The fraction of sp³-hybridized carbons (Fsp3) is 0.118. The van der Waals surface area contributed by atoms with Gasteiger partial charge in [0.1, 0.15) is 5.75 Å². The lowest BCUT2D eigenvalue weighted by Gasteiger charge is -1.99. The molecule has 0 spiro atoms. The lowest BCUT2D eigenvalue weighted by Crippen LogP contribution is -2.19. The van der Waals surface area contributed by atoms with Crippen molar-refractivity contribution in [1.29, 1.82) is 0 Å². The highest BCUT2D eigenvalue weighted by molar-refractivity contribution is 5.78. The lowest BCUT2D eigenvalue weighted by atomic mass is 10.2. The van der Waals surface area contributed by atoms with E-state index in [0.717, 1.165) is 17.0 Å². The van der Waals surface area contributed by atoms with Crippen molar-refractivity contribution in [3.05, 3.63) is 76.2 Å². The lowest BCUT2D eigenvalue weighted by molar-refractivity contribution is 0.415. The van der Waals surface area contributed by atoms with Gasteiger partial charge < -0.3 is 4.74 Å². The highest BCUT2D eigenvalue weighted by Crippen LogP contribution is 2.17. The van der Waals surface area contributed by atoms with Crippen molar-refractivity contribution in [3.8, 4) is 5.75 Å². The van der Waals surface area contributed by atoms with Gasteiger partial charge in [-0.05, 0) is 29.8 Å². The van der Waals surface area contributed by atoms with Crippen LogP contribution >= 0.6 is 0 Å². The molecule has 0 aliphatic rings. The summed E-state index contributed by atoms with van der Waals surface area (Å²) >= 11 is 0. The maximum absolute atomic E-state index is 12.3. The van der Waals surface area contributed by atoms with Crippen molar-refractivity contribution >= 4 is 11.9 Å². The molecule has 0 fully saturated rings. The zero-order valence-corrected chi connectivity index (χ0v) is 12.6. The highest BCUT2D eigenvalue weighted by atomic mass is 16.5. The van der Waals surface area contributed by atoms with Gasteiger partial charge in [-0.1, -0.05) is 30.3 Å². The molecule has 1 N–H and O–H groups in total. The Labute approximate surface area is 133 Å². The predicted octanol–water partition coefficient (Wildman–Crippen LogP) is 2.38. The number of H-pyrrole nitrogens is 1. The summed E-state index contributed by atoms with van der Waals surface area (Å²) < 4.78 is 6.54. The van der Waals surface area contributed by atoms with Crippen LogP contribution in [0.3, 0.4) is 0 Å². The third kappa shape index (κ3) is 3.55. The van der Waals surface area contributed by atoms with E-state index < -0.39 is 0 Å². The Morgan fingerprint density at radius 1 is 1.17 bits per heavy atom. The normalized spacial score (nSPS) is 11.0. The van der Waals surface area contributed by atoms with Crippen LogP contribution in [-0.4, -0.2) is 28.3 Å². The van der Waals surface area contributed by atoms with Crippen LogP contribution < -0.4 is 10.3 Å². The molecule has 0 saturated carbocycles. The minimum absolute atomic E-state index is 0.203. The third-order valence-corrected chi connectivity index (χ3v) is 3.35. The Balaban J connectivity index is 1.76. The van der Waals surface area contributed by atoms with Crippen molar-refractivity contribution in [2.75, 3.05) is 7.11 Å². The van der Waals surface area contributed by atoms with Crippen LogP contribution in [-0.2, 0) is 6.54 Å². The fourth-order valence-corrected chi connectivity index (χ4v) is 2.11. The zero-order chi connectivity index (χ0) is 16.1. The molecule has 1 aromatic heterocycles. The van der Waals surface area contributed by atoms with Crippen molar-refractivity contribution in [3.63, 3.8) is 0 Å². The summed E-state index contributed by atoms with van der Waals surface area (Å²) in [5.74, 6) is 0.758. The number of aliphatic imine (C=N–C) groups is 1. The van der Waals surface area contributed by atoms with Crippen molar-refractivity contribution in [2.45, 2.75) is 6.54 Å². The summed E-state index contributed by atoms with van der Waals surface area (Å²) in [7, 11) is 1.61. The standard InChI is InChI=1S/C17H16N4O2/c1-23-15-9-7-14(8-10-15)18-11-16-17(22)21(20-19-16)12-13-5-3-2-4-6-13/h2-11,20H,12H2,1H3. The molecule has 116 valence electrons. The van der Waals surface area contributed by atoms with Gasteiger partial charge >= 0.3 is 0 Å². The molecular weight excluding hydrogens is 292 g/mol. The second-order valence-corrected chi connectivity index (χ2v) is 4.93. The summed E-state index contributed by atoms with van der Waals surface area (Å²) in [5, 5.41) is 6.73. The molecule has 3 rings (SSSR count). The van der Waals surface area contributed by atoms with E-state index in [1.807, 2.05) is 54.6 Å². The number of methoxy groups -OCH3 is 1. The van der Waals surface area contributed by atoms with E-state index in [9.17, 15) is 4.79 Å². The SMILES string of the molecule is COc1ccc(N=Cc2n[nH]n(Cc3ccccc3)c2=O)cc1. The molecule has 6 heteroatoms. The minimum atomic E-state index is -0.203. The molecule has 0 radical (unpaired) electrons. The molecule has 3 aromatic rings. The van der Waals surface area contributed by atoms with E-state index in [2.05, 4.69) is 15.3 Å². The average molecular weight is 308 g/mol. The summed E-state index contributed by atoms with van der Waals surface area (Å²) in [6.45, 7) is 0.447. The van der Waals surface area contributed by atoms with Gasteiger partial charge in [0.25, 0.3) is 5.56 Å². The number of benzene rings is 2. The molecule has 0 atom stereocenters. The molecule has 0 aliphatic heterocycles. The van der Waals surface area contributed by atoms with E-state index in [-0.39, 0.29) is 11.3 Å². The van der Waals surface area contributed by atoms with Gasteiger partial charge in [-0.25, -0.2) is 9.90 Å². The Kier molecular flexibility index (Phi) is 4.33. The van der Waals surface area contributed by atoms with Gasteiger partial charge in [-0.3, -0.25) is 9.79 Å². The number of nitrogens with zero attached hydrogens (tertiary/aromatic N) is 3. The van der Waals surface area contributed by atoms with Crippen molar-refractivity contribution in [1.82, 2.24) is 15.0 Å². The van der Waals surface area contributed by atoms with Gasteiger partial charge in [0.05, 0.1) is 25.6 Å². The minimum Gasteiger partial charge on any atom is -0.497 e. The maximum Gasteiger partial charge on any atom is 0.295 e. The molecule has 0 amide bonds. The van der Waals surface area contributed by atoms with Gasteiger partial charge in [0.15, 0.2) is 5.69 Å². The van der Waals surface area contributed by atoms with Crippen LogP contribution in [0.25, 0.3) is 0 Å². The van der Waals surface area contributed by atoms with Gasteiger partial charge in [-0.2, -0.15) is 5.10 Å². The molecular formula is C17H16N4O2. The number of rotatable bonds is 5. The van der Waals surface area contributed by atoms with Crippen LogP contribution in [0.15, 0.2) is 64.4 Å². The topological polar surface area (TPSA) is 72.3 Å². The summed E-state index contributed by atoms with van der Waals surface area (Å²) in [4.78, 5) is 16.5. The molecule has 0 unspecified atom stereocenters. The molecule has 2 aromatic carbocycles. The highest BCUT2D eigenvalue weighted by Gasteiger charge is 2.06. The van der Waals surface area contributed by atoms with Crippen LogP contribution in [0.1, 0.15) is 11.3 Å². The van der Waals surface area contributed by atoms with Crippen molar-refractivity contribution < 1.29 is 4.74 Å². The Hall–Kier alpha value is -3.15. The number of hydrogen-bond acceptors (Lipinski definition) is 4. The van der Waals surface area contributed by atoms with Crippen LogP contribution in [0.5, 0.6) is 5.75 Å². The van der Waals surface area contributed by atoms with Gasteiger partial charge in [0, 0.05) is 0 Å². The largest absolute Gasteiger partial charge is 0.497 e. The first-order valence-electron chi connectivity index (χ1n) is 7.13. The quantitative estimate of drug-likeness (QED) is 0.736. The second kappa shape index (κ2) is 6.74. The van der Waals surface area contributed by atoms with Crippen LogP contribution in [0.2, 0.25) is 0 Å². The van der Waals surface area contributed by atoms with Crippen LogP contribution in [0, 0.1) is 0 Å². The van der Waals surface area contributed by atoms with Crippen LogP contribution in [0.4, 0.5) is 5.69 Å². The molecule has 6 nitrogen and oxygen atoms in total. The molecule has 0 saturated heterocycles. The number of nitrogens with one attached hydrogen (secondary N) is 1. The first-order valence-corrected chi connectivity index (χ1v) is 7.13. The number of ether oxygens (including phenoxy) is 1. The fourth-order valence-electron chi connectivity index (χ4n) is 2.11. The van der Waals surface area contributed by atoms with E-state index in [1.54, 1.807) is 7.11 Å². The monoisotopic (exact) mass is 308 g/mol. The second-order valence-electron chi connectivity index (χ2n) is 4.93. The third-order valence-electron chi connectivity index (χ3n) is 3.35. The van der Waals surface area contributed by atoms with Crippen molar-refractivity contribution in [2.24, 2.45) is 4.99 Å². The summed E-state index contributed by atoms with van der Waals surface area (Å²) in [6.07, 6.45) is 1.46.